The van der Waals surface area contributed by atoms with Crippen LogP contribution in [0, 0.1) is 10.6 Å². The predicted molar refractivity (Wildman–Crippen MR) is 127 cm³/mol. The lowest BCUT2D eigenvalue weighted by molar-refractivity contribution is -0.876. The number of aromatic amines is 1. The highest BCUT2D eigenvalue weighted by atomic mass is 35.5. The highest BCUT2D eigenvalue weighted by molar-refractivity contribution is 6.37. The van der Waals surface area contributed by atoms with Gasteiger partial charge in [-0.3, -0.25) is 10.4 Å². The molecule has 1 atom stereocenters. The molecule has 0 saturated carbocycles. The first-order valence-corrected chi connectivity index (χ1v) is 10.9. The first-order chi connectivity index (χ1) is 15.7. The number of quaternary nitrogens is 1. The minimum absolute atomic E-state index is 0.142. The van der Waals surface area contributed by atoms with Crippen molar-refractivity contribution >= 4 is 45.9 Å². The van der Waals surface area contributed by atoms with Crippen molar-refractivity contribution in [3.05, 3.63) is 84.9 Å². The molecule has 1 aliphatic rings. The minimum atomic E-state index is -0.603. The van der Waals surface area contributed by atoms with Crippen molar-refractivity contribution in [2.24, 2.45) is 0 Å². The minimum Gasteiger partial charge on any atom is -0.633 e. The van der Waals surface area contributed by atoms with E-state index in [-0.39, 0.29) is 37.5 Å². The average molecular weight is 484 g/mol. The number of rotatable bonds is 3. The number of anilines is 2. The summed E-state index contributed by atoms with van der Waals surface area (Å²) >= 11 is 12.5. The summed E-state index contributed by atoms with van der Waals surface area (Å²) in [5, 5.41) is 24.8. The lowest BCUT2D eigenvalue weighted by atomic mass is 9.99. The summed E-state index contributed by atoms with van der Waals surface area (Å²) in [6, 6.07) is 10.7. The van der Waals surface area contributed by atoms with Gasteiger partial charge < -0.3 is 15.2 Å². The fourth-order valence-corrected chi connectivity index (χ4v) is 4.59. The third-order valence-electron chi connectivity index (χ3n) is 5.68. The first kappa shape index (κ1) is 21.6. The number of fused-ring (bicyclic) bond motifs is 2. The van der Waals surface area contributed by atoms with Crippen molar-refractivity contribution in [3.63, 3.8) is 0 Å². The number of para-hydroxylation sites is 1. The van der Waals surface area contributed by atoms with Crippen LogP contribution >= 0.6 is 23.2 Å². The molecule has 0 bridgehead atoms. The Morgan fingerprint density at radius 2 is 1.97 bits per heavy atom. The quantitative estimate of drug-likeness (QED) is 0.303. The second kappa shape index (κ2) is 7.96. The Kier molecular flexibility index (Phi) is 5.21. The fourth-order valence-electron chi connectivity index (χ4n) is 4.03. The second-order valence-corrected chi connectivity index (χ2v) is 8.99. The largest absolute Gasteiger partial charge is 0.633 e. The lowest BCUT2D eigenvalue weighted by Gasteiger charge is -2.42. The van der Waals surface area contributed by atoms with E-state index in [1.807, 2.05) is 18.2 Å². The standard InChI is InChI=1S/C22H19Cl2N7O2/c1-31(33)8-7-12-5-6-14(9-13(12)11-31)27-21-26-10-15-19(25)30(22(32)29-20(15)28-21)18-16(23)3-2-4-17(18)24/h2-6,9-10,25H,7-8,11H2,1H3,(H2,26,27,28,29,32). The number of nitrogens with one attached hydrogen (secondary N) is 3. The van der Waals surface area contributed by atoms with Crippen LogP contribution in [0.3, 0.4) is 0 Å². The number of aromatic nitrogens is 4. The maximum Gasteiger partial charge on any atom is 0.333 e. The molecule has 11 heteroatoms. The summed E-state index contributed by atoms with van der Waals surface area (Å²) in [4.78, 5) is 24.2. The van der Waals surface area contributed by atoms with Gasteiger partial charge in [-0.2, -0.15) is 4.98 Å². The average Bonchev–Trinajstić information content (AvgIpc) is 2.74. The number of H-pyrrole nitrogens is 1. The molecule has 0 spiro atoms. The third kappa shape index (κ3) is 4.00. The third-order valence-corrected chi connectivity index (χ3v) is 6.29. The molecule has 1 aliphatic heterocycles. The van der Waals surface area contributed by atoms with Crippen molar-refractivity contribution in [1.82, 2.24) is 19.5 Å². The Morgan fingerprint density at radius 1 is 1.21 bits per heavy atom. The molecule has 4 aromatic rings. The van der Waals surface area contributed by atoms with Gasteiger partial charge in [0.05, 0.1) is 34.7 Å². The van der Waals surface area contributed by atoms with Gasteiger partial charge >= 0.3 is 5.69 Å². The van der Waals surface area contributed by atoms with Crippen LogP contribution < -0.4 is 16.5 Å². The molecule has 2 aromatic heterocycles. The molecule has 3 N–H and O–H groups in total. The zero-order valence-electron chi connectivity index (χ0n) is 17.5. The van der Waals surface area contributed by atoms with Crippen LogP contribution in [0.4, 0.5) is 11.6 Å². The lowest BCUT2D eigenvalue weighted by Crippen LogP contribution is -2.41. The van der Waals surface area contributed by atoms with E-state index < -0.39 is 5.69 Å². The van der Waals surface area contributed by atoms with Gasteiger partial charge in [0.25, 0.3) is 0 Å². The highest BCUT2D eigenvalue weighted by Gasteiger charge is 2.21. The summed E-state index contributed by atoms with van der Waals surface area (Å²) in [5.74, 6) is 0.251. The first-order valence-electron chi connectivity index (χ1n) is 10.2. The van der Waals surface area contributed by atoms with Gasteiger partial charge in [0, 0.05) is 23.9 Å². The molecule has 1 unspecified atom stereocenters. The molecule has 33 heavy (non-hydrogen) atoms. The molecular weight excluding hydrogens is 465 g/mol. The molecule has 0 radical (unpaired) electrons. The number of likely N-dealkylation sites (N-methyl/N-ethyl adjacent to an activating group) is 1. The smallest absolute Gasteiger partial charge is 0.333 e. The Bertz CT molecular complexity index is 1510. The van der Waals surface area contributed by atoms with Crippen LogP contribution in [0.1, 0.15) is 11.1 Å². The molecule has 0 aliphatic carbocycles. The van der Waals surface area contributed by atoms with Crippen molar-refractivity contribution in [2.75, 3.05) is 18.9 Å². The fraction of sp³-hybridized carbons (Fsp3) is 0.182. The van der Waals surface area contributed by atoms with E-state index in [9.17, 15) is 10.0 Å². The van der Waals surface area contributed by atoms with Gasteiger partial charge in [-0.25, -0.2) is 14.3 Å². The van der Waals surface area contributed by atoms with E-state index in [1.165, 1.54) is 6.20 Å². The summed E-state index contributed by atoms with van der Waals surface area (Å²) < 4.78 is 0.789. The van der Waals surface area contributed by atoms with E-state index in [4.69, 9.17) is 28.6 Å². The van der Waals surface area contributed by atoms with Crippen molar-refractivity contribution in [1.29, 1.82) is 5.41 Å². The van der Waals surface area contributed by atoms with Crippen LogP contribution in [0.25, 0.3) is 16.7 Å². The Balaban J connectivity index is 1.53. The maximum absolute atomic E-state index is 12.8. The van der Waals surface area contributed by atoms with Gasteiger partial charge in [-0.05, 0) is 29.8 Å². The molecule has 0 fully saturated rings. The second-order valence-electron chi connectivity index (χ2n) is 8.18. The Labute approximate surface area is 197 Å². The molecule has 5 rings (SSSR count). The van der Waals surface area contributed by atoms with E-state index in [1.54, 1.807) is 25.2 Å². The van der Waals surface area contributed by atoms with E-state index >= 15 is 0 Å². The summed E-state index contributed by atoms with van der Waals surface area (Å²) in [5.41, 5.74) is 2.56. The van der Waals surface area contributed by atoms with Gasteiger partial charge in [0.15, 0.2) is 5.65 Å². The zero-order chi connectivity index (χ0) is 23.3. The van der Waals surface area contributed by atoms with Crippen LogP contribution in [0.5, 0.6) is 0 Å². The van der Waals surface area contributed by atoms with Gasteiger partial charge in [-0.1, -0.05) is 35.3 Å². The SMILES string of the molecule is C[N+]1([O-])CCc2ccc(Nc3ncc4c(=N)n(-c5c(Cl)cccc5Cl)c(=O)[nH]c4n3)cc2C1. The Morgan fingerprint density at radius 3 is 2.73 bits per heavy atom. The molecule has 168 valence electrons. The van der Waals surface area contributed by atoms with Crippen molar-refractivity contribution in [3.8, 4) is 5.69 Å². The van der Waals surface area contributed by atoms with Crippen LogP contribution in [0.2, 0.25) is 10.0 Å². The molecule has 9 nitrogen and oxygen atoms in total. The highest BCUT2D eigenvalue weighted by Crippen LogP contribution is 2.28. The normalized spacial score (nSPS) is 17.7. The van der Waals surface area contributed by atoms with Gasteiger partial charge in [0.1, 0.15) is 12.0 Å². The molecule has 0 saturated heterocycles. The number of nitrogens with zero attached hydrogens (tertiary/aromatic N) is 4. The topological polar surface area (TPSA) is 123 Å². The maximum atomic E-state index is 12.8. The van der Waals surface area contributed by atoms with Crippen LogP contribution in [-0.4, -0.2) is 37.8 Å². The number of hydroxylamine groups is 3. The van der Waals surface area contributed by atoms with Crippen LogP contribution in [-0.2, 0) is 13.0 Å². The van der Waals surface area contributed by atoms with Crippen LogP contribution in [0.15, 0.2) is 47.4 Å². The number of halogens is 2. The van der Waals surface area contributed by atoms with Crippen molar-refractivity contribution < 1.29 is 4.65 Å². The summed E-state index contributed by atoms with van der Waals surface area (Å²) in [6.07, 6.45) is 2.19. The molecule has 3 heterocycles. The summed E-state index contributed by atoms with van der Waals surface area (Å²) in [7, 11) is 1.67. The number of hydrogen-bond acceptors (Lipinski definition) is 6. The molecular formula is C22H19Cl2N7O2. The zero-order valence-corrected chi connectivity index (χ0v) is 19.0. The molecule has 0 amide bonds. The van der Waals surface area contributed by atoms with E-state index in [0.717, 1.165) is 27.8 Å². The monoisotopic (exact) mass is 483 g/mol. The predicted octanol–water partition coefficient (Wildman–Crippen LogP) is 3.64. The van der Waals surface area contributed by atoms with Gasteiger partial charge in [-0.15, -0.1) is 0 Å². The van der Waals surface area contributed by atoms with Crippen molar-refractivity contribution in [2.45, 2.75) is 13.0 Å². The molecule has 2 aromatic carbocycles. The number of benzene rings is 2. The summed E-state index contributed by atoms with van der Waals surface area (Å²) in [6.45, 7) is 0.972. The van der Waals surface area contributed by atoms with E-state index in [2.05, 4.69) is 20.3 Å². The number of hydrogen-bond donors (Lipinski definition) is 3. The van der Waals surface area contributed by atoms with Gasteiger partial charge in [0.2, 0.25) is 5.95 Å². The Hall–Kier alpha value is -3.24. The van der Waals surface area contributed by atoms with E-state index in [0.29, 0.717) is 18.5 Å².